The molecular weight excluding hydrogens is 249 g/mol. The lowest BCUT2D eigenvalue weighted by molar-refractivity contribution is -0.128. The number of carbonyl (C=O) groups excluding carboxylic acids is 1. The molecule has 0 aliphatic carbocycles. The van der Waals surface area contributed by atoms with Crippen LogP contribution in [0.2, 0.25) is 0 Å². The molecule has 1 amide bonds. The fourth-order valence-corrected chi connectivity index (χ4v) is 2.28. The summed E-state index contributed by atoms with van der Waals surface area (Å²) in [4.78, 5) is 13.3. The minimum Gasteiger partial charge on any atom is -0.340 e. The predicted octanol–water partition coefficient (Wildman–Crippen LogP) is 0.903. The Hall–Kier alpha value is -2.04. The molecule has 1 heterocycles. The summed E-state index contributed by atoms with van der Waals surface area (Å²) in [6, 6.07) is 7.95. The van der Waals surface area contributed by atoms with Crippen molar-refractivity contribution >= 4 is 30.7 Å². The summed E-state index contributed by atoms with van der Waals surface area (Å²) in [6.45, 7) is 4.90. The van der Waals surface area contributed by atoms with Crippen LogP contribution in [0.5, 0.6) is 0 Å². The summed E-state index contributed by atoms with van der Waals surface area (Å²) >= 11 is 0. The minimum absolute atomic E-state index is 0.0677. The first-order chi connectivity index (χ1) is 9.47. The molecular formula is C15H20BN3O. The number of hydrogen-bond donors (Lipinski definition) is 2. The van der Waals surface area contributed by atoms with E-state index in [-0.39, 0.29) is 5.91 Å². The molecule has 1 aromatic carbocycles. The first-order valence-corrected chi connectivity index (χ1v) is 6.84. The third kappa shape index (κ3) is 3.29. The maximum atomic E-state index is 11.5. The van der Waals surface area contributed by atoms with Crippen molar-refractivity contribution in [3.8, 4) is 0 Å². The van der Waals surface area contributed by atoms with Crippen molar-refractivity contribution in [2.45, 2.75) is 20.3 Å². The van der Waals surface area contributed by atoms with Crippen LogP contribution in [0, 0.1) is 5.41 Å². The van der Waals surface area contributed by atoms with Gasteiger partial charge < -0.3 is 10.2 Å². The van der Waals surface area contributed by atoms with E-state index in [1.54, 1.807) is 11.8 Å². The Kier molecular flexibility index (Phi) is 4.27. The van der Waals surface area contributed by atoms with Crippen LogP contribution in [0.3, 0.4) is 0 Å². The molecule has 2 rings (SSSR count). The van der Waals surface area contributed by atoms with Gasteiger partial charge in [0, 0.05) is 31.3 Å². The molecule has 1 aromatic rings. The van der Waals surface area contributed by atoms with E-state index in [1.165, 1.54) is 11.0 Å². The molecule has 104 valence electrons. The van der Waals surface area contributed by atoms with Crippen LogP contribution < -0.4 is 10.8 Å². The second kappa shape index (κ2) is 5.95. The molecule has 0 radical (unpaired) electrons. The summed E-state index contributed by atoms with van der Waals surface area (Å²) in [6.07, 6.45) is 0.840. The number of amidine groups is 1. The first-order valence-electron chi connectivity index (χ1n) is 6.84. The molecule has 0 saturated heterocycles. The van der Waals surface area contributed by atoms with Crippen molar-refractivity contribution in [3.63, 3.8) is 0 Å². The molecule has 0 bridgehead atoms. The Labute approximate surface area is 120 Å². The number of hydrogen-bond acceptors (Lipinski definition) is 2. The van der Waals surface area contributed by atoms with Gasteiger partial charge in [-0.1, -0.05) is 23.2 Å². The molecule has 0 aromatic heterocycles. The zero-order valence-corrected chi connectivity index (χ0v) is 12.3. The summed E-state index contributed by atoms with van der Waals surface area (Å²) in [5.74, 6) is 0.454. The van der Waals surface area contributed by atoms with Gasteiger partial charge in [-0.05, 0) is 25.5 Å². The van der Waals surface area contributed by atoms with Gasteiger partial charge in [0.1, 0.15) is 13.7 Å². The van der Waals surface area contributed by atoms with Crippen LogP contribution in [0.25, 0.3) is 0 Å². The highest BCUT2D eigenvalue weighted by Gasteiger charge is 2.21. The number of carbonyl (C=O) groups is 1. The van der Waals surface area contributed by atoms with Crippen molar-refractivity contribution in [3.05, 3.63) is 35.4 Å². The minimum atomic E-state index is 0.0677. The van der Waals surface area contributed by atoms with Gasteiger partial charge in [0.15, 0.2) is 0 Å². The monoisotopic (exact) mass is 269 g/mol. The number of nitrogens with one attached hydrogen (secondary N) is 2. The van der Waals surface area contributed by atoms with Gasteiger partial charge in [-0.2, -0.15) is 0 Å². The van der Waals surface area contributed by atoms with Crippen molar-refractivity contribution in [2.24, 2.45) is 0 Å². The van der Waals surface area contributed by atoms with Gasteiger partial charge in [-0.25, -0.2) is 0 Å². The summed E-state index contributed by atoms with van der Waals surface area (Å²) in [7, 11) is 2.04. The van der Waals surface area contributed by atoms with E-state index in [0.717, 1.165) is 24.2 Å². The topological polar surface area (TPSA) is 56.2 Å². The Balaban J connectivity index is 2.11. The van der Waals surface area contributed by atoms with Gasteiger partial charge >= 0.3 is 0 Å². The second-order valence-corrected chi connectivity index (χ2v) is 5.32. The van der Waals surface area contributed by atoms with Gasteiger partial charge in [-0.3, -0.25) is 10.2 Å². The number of rotatable bonds is 2. The van der Waals surface area contributed by atoms with Crippen molar-refractivity contribution in [1.29, 1.82) is 5.41 Å². The maximum Gasteiger partial charge on any atom is 0.219 e. The molecule has 0 spiro atoms. The summed E-state index contributed by atoms with van der Waals surface area (Å²) in [5.41, 5.74) is 4.21. The summed E-state index contributed by atoms with van der Waals surface area (Å²) in [5, 5.41) is 11.3. The molecule has 5 heteroatoms. The number of anilines is 1. The highest BCUT2D eigenvalue weighted by atomic mass is 16.2. The predicted molar refractivity (Wildman–Crippen MR) is 85.5 cm³/mol. The van der Waals surface area contributed by atoms with Crippen LogP contribution in [-0.2, 0) is 4.79 Å². The molecule has 0 unspecified atom stereocenters. The lowest BCUT2D eigenvalue weighted by atomic mass is 9.96. The lowest BCUT2D eigenvalue weighted by Gasteiger charge is -2.29. The molecule has 4 nitrogen and oxygen atoms in total. The van der Waals surface area contributed by atoms with E-state index in [1.807, 2.05) is 39.0 Å². The third-order valence-corrected chi connectivity index (χ3v) is 3.69. The average Bonchev–Trinajstić information content (AvgIpc) is 2.41. The maximum absolute atomic E-state index is 11.5. The van der Waals surface area contributed by atoms with Crippen molar-refractivity contribution in [1.82, 2.24) is 4.90 Å². The molecule has 1 aliphatic rings. The van der Waals surface area contributed by atoms with Gasteiger partial charge in [0.25, 0.3) is 0 Å². The first kappa shape index (κ1) is 14.4. The van der Waals surface area contributed by atoms with Crippen LogP contribution in [0.4, 0.5) is 5.69 Å². The normalized spacial score (nSPS) is 15.2. The molecule has 1 aliphatic heterocycles. The number of nitrogens with zero attached hydrogens (tertiary/aromatic N) is 1. The van der Waals surface area contributed by atoms with Gasteiger partial charge in [-0.15, -0.1) is 0 Å². The summed E-state index contributed by atoms with van der Waals surface area (Å²) < 4.78 is 0. The van der Waals surface area contributed by atoms with Crippen molar-refractivity contribution in [2.75, 3.05) is 18.4 Å². The van der Waals surface area contributed by atoms with E-state index in [9.17, 15) is 4.79 Å². The SMILES string of the molecule is Bc1ccc(NC(=N)C2=C(C)CCN(C(C)=O)C2)cc1. The van der Waals surface area contributed by atoms with Crippen molar-refractivity contribution < 1.29 is 4.79 Å². The van der Waals surface area contributed by atoms with Crippen LogP contribution in [0.15, 0.2) is 35.4 Å². The van der Waals surface area contributed by atoms with Crippen LogP contribution in [0.1, 0.15) is 20.3 Å². The molecule has 0 saturated carbocycles. The molecule has 0 atom stereocenters. The quantitative estimate of drug-likeness (QED) is 0.476. The number of benzene rings is 1. The average molecular weight is 269 g/mol. The van der Waals surface area contributed by atoms with E-state index in [2.05, 4.69) is 5.32 Å². The zero-order valence-electron chi connectivity index (χ0n) is 12.3. The fourth-order valence-electron chi connectivity index (χ4n) is 2.28. The highest BCUT2D eigenvalue weighted by molar-refractivity contribution is 6.32. The zero-order chi connectivity index (χ0) is 14.7. The standard InChI is InChI=1S/C15H20BN3O/c1-10-7-8-19(11(2)20)9-14(10)15(17)18-13-5-3-12(16)4-6-13/h3-6H,7-9,16H2,1-2H3,(H2,17,18). The van der Waals surface area contributed by atoms with E-state index in [0.29, 0.717) is 12.4 Å². The van der Waals surface area contributed by atoms with Crippen LogP contribution >= 0.6 is 0 Å². The molecule has 20 heavy (non-hydrogen) atoms. The smallest absolute Gasteiger partial charge is 0.219 e. The van der Waals surface area contributed by atoms with Gasteiger partial charge in [0.2, 0.25) is 5.91 Å². The fraction of sp³-hybridized carbons (Fsp3) is 0.333. The lowest BCUT2D eigenvalue weighted by Crippen LogP contribution is -2.38. The van der Waals surface area contributed by atoms with Gasteiger partial charge in [0.05, 0.1) is 0 Å². The Morgan fingerprint density at radius 1 is 1.35 bits per heavy atom. The Bertz CT molecular complexity index is 563. The van der Waals surface area contributed by atoms with E-state index >= 15 is 0 Å². The third-order valence-electron chi connectivity index (χ3n) is 3.69. The number of amides is 1. The second-order valence-electron chi connectivity index (χ2n) is 5.32. The highest BCUT2D eigenvalue weighted by Crippen LogP contribution is 2.19. The van der Waals surface area contributed by atoms with Crippen LogP contribution in [-0.4, -0.2) is 37.6 Å². The molecule has 2 N–H and O–H groups in total. The largest absolute Gasteiger partial charge is 0.340 e. The van der Waals surface area contributed by atoms with E-state index < -0.39 is 0 Å². The molecule has 0 fully saturated rings. The Morgan fingerprint density at radius 3 is 2.60 bits per heavy atom. The Morgan fingerprint density at radius 2 is 2.00 bits per heavy atom. The van der Waals surface area contributed by atoms with E-state index in [4.69, 9.17) is 5.41 Å².